The Bertz CT molecular complexity index is 783. The summed E-state index contributed by atoms with van der Waals surface area (Å²) in [7, 11) is 0. The van der Waals surface area contributed by atoms with E-state index in [0.29, 0.717) is 5.25 Å². The number of thioether (sulfide) groups is 1. The van der Waals surface area contributed by atoms with E-state index in [4.69, 9.17) is 0 Å². The van der Waals surface area contributed by atoms with Crippen LogP contribution < -0.4 is 4.90 Å². The molecule has 0 aliphatic carbocycles. The molecule has 142 valence electrons. The van der Waals surface area contributed by atoms with Crippen molar-refractivity contribution in [3.05, 3.63) is 48.2 Å². The lowest BCUT2D eigenvalue weighted by Gasteiger charge is -2.35. The summed E-state index contributed by atoms with van der Waals surface area (Å²) in [5, 5.41) is 0.532. The average Bonchev–Trinajstić information content (AvgIpc) is 2.71. The Morgan fingerprint density at radius 2 is 1.93 bits per heavy atom. The number of hydrogen-bond acceptors (Lipinski definition) is 5. The number of unbranched alkanes of at least 4 members (excludes halogenated alkanes) is 1. The molecular weight excluding hydrogens is 352 g/mol. The van der Waals surface area contributed by atoms with Crippen LogP contribution in [0.3, 0.4) is 0 Å². The van der Waals surface area contributed by atoms with Crippen LogP contribution >= 0.6 is 11.8 Å². The monoisotopic (exact) mass is 380 g/mol. The second kappa shape index (κ2) is 8.89. The van der Waals surface area contributed by atoms with Crippen LogP contribution in [0, 0.1) is 6.92 Å². The summed E-state index contributed by atoms with van der Waals surface area (Å²) < 4.78 is 0. The minimum absolute atomic E-state index is 0.532. The number of aliphatic imine (C=N–C) groups is 1. The first-order valence-electron chi connectivity index (χ1n) is 9.98. The van der Waals surface area contributed by atoms with Crippen molar-refractivity contribution >= 4 is 29.5 Å². The summed E-state index contributed by atoms with van der Waals surface area (Å²) in [6, 6.07) is 12.7. The zero-order valence-electron chi connectivity index (χ0n) is 16.1. The molecule has 1 saturated heterocycles. The van der Waals surface area contributed by atoms with Gasteiger partial charge in [-0.15, -0.1) is 11.8 Å². The minimum atomic E-state index is 0.532. The van der Waals surface area contributed by atoms with Gasteiger partial charge in [0.25, 0.3) is 0 Å². The van der Waals surface area contributed by atoms with Crippen molar-refractivity contribution in [1.82, 2.24) is 9.88 Å². The quantitative estimate of drug-likeness (QED) is 0.688. The van der Waals surface area contributed by atoms with Crippen LogP contribution in [0.1, 0.15) is 24.8 Å². The maximum Gasteiger partial charge on any atom is 0.128 e. The maximum atomic E-state index is 4.62. The molecule has 0 N–H and O–H groups in total. The number of rotatable bonds is 6. The highest BCUT2D eigenvalue weighted by Crippen LogP contribution is 2.37. The van der Waals surface area contributed by atoms with E-state index in [9.17, 15) is 0 Å². The van der Waals surface area contributed by atoms with Crippen LogP contribution in [-0.4, -0.2) is 54.1 Å². The third kappa shape index (κ3) is 4.90. The predicted molar refractivity (Wildman–Crippen MR) is 116 cm³/mol. The molecule has 1 aromatic heterocycles. The van der Waals surface area contributed by atoms with Gasteiger partial charge >= 0.3 is 0 Å². The summed E-state index contributed by atoms with van der Waals surface area (Å²) in [5.41, 5.74) is 2.41. The minimum Gasteiger partial charge on any atom is -0.354 e. The number of aryl methyl sites for hydroxylation is 1. The number of nitrogens with zero attached hydrogens (tertiary/aromatic N) is 4. The summed E-state index contributed by atoms with van der Waals surface area (Å²) in [5.74, 6) is 1.13. The van der Waals surface area contributed by atoms with Gasteiger partial charge < -0.3 is 4.90 Å². The number of anilines is 1. The number of aromatic nitrogens is 1. The molecule has 0 bridgehead atoms. The predicted octanol–water partition coefficient (Wildman–Crippen LogP) is 4.56. The first kappa shape index (κ1) is 18.5. The summed E-state index contributed by atoms with van der Waals surface area (Å²) >= 11 is 1.97. The molecule has 2 aliphatic heterocycles. The molecule has 2 aromatic rings. The van der Waals surface area contributed by atoms with Gasteiger partial charge in [0.05, 0.1) is 5.69 Å². The number of para-hydroxylation sites is 1. The molecule has 1 aromatic carbocycles. The van der Waals surface area contributed by atoms with Crippen LogP contribution in [0.5, 0.6) is 0 Å². The Labute approximate surface area is 166 Å². The Morgan fingerprint density at radius 1 is 1.07 bits per heavy atom. The maximum absolute atomic E-state index is 4.62. The van der Waals surface area contributed by atoms with Gasteiger partial charge in [-0.2, -0.15) is 0 Å². The van der Waals surface area contributed by atoms with Gasteiger partial charge in [-0.05, 0) is 56.1 Å². The van der Waals surface area contributed by atoms with Gasteiger partial charge in [0.15, 0.2) is 0 Å². The molecule has 4 rings (SSSR count). The van der Waals surface area contributed by atoms with Crippen molar-refractivity contribution in [1.29, 1.82) is 0 Å². The van der Waals surface area contributed by atoms with E-state index in [-0.39, 0.29) is 0 Å². The van der Waals surface area contributed by atoms with E-state index in [2.05, 4.69) is 69.3 Å². The zero-order chi connectivity index (χ0) is 18.5. The Hall–Kier alpha value is -1.85. The molecule has 3 heterocycles. The van der Waals surface area contributed by atoms with Gasteiger partial charge in [-0.3, -0.25) is 9.89 Å². The molecule has 0 radical (unpaired) electrons. The van der Waals surface area contributed by atoms with Crippen LogP contribution in [0.25, 0.3) is 0 Å². The molecule has 0 spiro atoms. The zero-order valence-corrected chi connectivity index (χ0v) is 16.9. The second-order valence-electron chi connectivity index (χ2n) is 7.42. The first-order chi connectivity index (χ1) is 13.3. The smallest absolute Gasteiger partial charge is 0.128 e. The number of piperazine rings is 1. The molecule has 4 nitrogen and oxygen atoms in total. The van der Waals surface area contributed by atoms with Gasteiger partial charge in [-0.1, -0.05) is 18.6 Å². The van der Waals surface area contributed by atoms with Crippen LogP contribution in [0.4, 0.5) is 11.5 Å². The van der Waals surface area contributed by atoms with Crippen molar-refractivity contribution < 1.29 is 0 Å². The Kier molecular flexibility index (Phi) is 6.10. The van der Waals surface area contributed by atoms with Crippen molar-refractivity contribution in [3.8, 4) is 0 Å². The highest BCUT2D eigenvalue weighted by atomic mass is 32.2. The SMILES string of the molecule is Cc1ccnc(N2CCN(CCCCC3C=Nc4ccccc4S3)CC2)c1. The normalized spacial score (nSPS) is 19.9. The van der Waals surface area contributed by atoms with Gasteiger partial charge in [0.2, 0.25) is 0 Å². The molecule has 0 amide bonds. The number of hydrogen-bond donors (Lipinski definition) is 0. The number of pyridine rings is 1. The van der Waals surface area contributed by atoms with Gasteiger partial charge in [0, 0.05) is 48.7 Å². The molecule has 1 atom stereocenters. The van der Waals surface area contributed by atoms with E-state index in [0.717, 1.165) is 37.7 Å². The molecule has 27 heavy (non-hydrogen) atoms. The molecule has 0 saturated carbocycles. The van der Waals surface area contributed by atoms with Crippen LogP contribution in [0.15, 0.2) is 52.5 Å². The van der Waals surface area contributed by atoms with Crippen molar-refractivity contribution in [2.24, 2.45) is 4.99 Å². The van der Waals surface area contributed by atoms with Crippen molar-refractivity contribution in [2.45, 2.75) is 36.3 Å². The fraction of sp³-hybridized carbons (Fsp3) is 0.455. The fourth-order valence-corrected chi connectivity index (χ4v) is 4.86. The van der Waals surface area contributed by atoms with Gasteiger partial charge in [-0.25, -0.2) is 4.98 Å². The standard InChI is InChI=1S/C22H28N4S/c1-18-9-10-23-22(16-18)26-14-12-25(13-15-26)11-5-4-6-19-17-24-20-7-2-3-8-21(20)27-19/h2-3,7-10,16-17,19H,4-6,11-15H2,1H3. The topological polar surface area (TPSA) is 31.7 Å². The summed E-state index contributed by atoms with van der Waals surface area (Å²) in [4.78, 5) is 15.5. The lowest BCUT2D eigenvalue weighted by molar-refractivity contribution is 0.252. The van der Waals surface area contributed by atoms with E-state index in [1.165, 1.54) is 36.3 Å². The van der Waals surface area contributed by atoms with E-state index in [1.54, 1.807) is 0 Å². The van der Waals surface area contributed by atoms with Crippen molar-refractivity contribution in [2.75, 3.05) is 37.6 Å². The summed E-state index contributed by atoms with van der Waals surface area (Å²) in [6.45, 7) is 7.79. The fourth-order valence-electron chi connectivity index (χ4n) is 3.73. The van der Waals surface area contributed by atoms with Crippen LogP contribution in [0.2, 0.25) is 0 Å². The largest absolute Gasteiger partial charge is 0.354 e. The third-order valence-electron chi connectivity index (χ3n) is 5.33. The first-order valence-corrected chi connectivity index (χ1v) is 10.9. The third-order valence-corrected chi connectivity index (χ3v) is 6.59. The number of benzene rings is 1. The Morgan fingerprint density at radius 3 is 2.78 bits per heavy atom. The molecule has 1 unspecified atom stereocenters. The van der Waals surface area contributed by atoms with E-state index in [1.807, 2.05) is 18.0 Å². The van der Waals surface area contributed by atoms with Crippen molar-refractivity contribution in [3.63, 3.8) is 0 Å². The lowest BCUT2D eigenvalue weighted by Crippen LogP contribution is -2.46. The molecule has 2 aliphatic rings. The second-order valence-corrected chi connectivity index (χ2v) is 8.70. The van der Waals surface area contributed by atoms with Gasteiger partial charge in [0.1, 0.15) is 5.82 Å². The van der Waals surface area contributed by atoms with E-state index >= 15 is 0 Å². The Balaban J connectivity index is 1.15. The average molecular weight is 381 g/mol. The lowest BCUT2D eigenvalue weighted by atomic mass is 10.1. The van der Waals surface area contributed by atoms with Crippen LogP contribution in [-0.2, 0) is 0 Å². The molecule has 1 fully saturated rings. The number of fused-ring (bicyclic) bond motifs is 1. The summed E-state index contributed by atoms with van der Waals surface area (Å²) in [6.07, 6.45) is 7.82. The molecule has 5 heteroatoms. The van der Waals surface area contributed by atoms with E-state index < -0.39 is 0 Å². The highest BCUT2D eigenvalue weighted by Gasteiger charge is 2.18. The highest BCUT2D eigenvalue weighted by molar-refractivity contribution is 8.00. The molecular formula is C22H28N4S.